The Bertz CT molecular complexity index is 916. The Morgan fingerprint density at radius 1 is 1.31 bits per heavy atom. The summed E-state index contributed by atoms with van der Waals surface area (Å²) >= 11 is 1.66. The molecule has 0 fully saturated rings. The van der Waals surface area contributed by atoms with Crippen LogP contribution < -0.4 is 10.6 Å². The summed E-state index contributed by atoms with van der Waals surface area (Å²) in [6, 6.07) is 4.56. The highest BCUT2D eigenvalue weighted by Crippen LogP contribution is 2.26. The number of halogens is 1. The minimum Gasteiger partial charge on any atom is -0.459 e. The van der Waals surface area contributed by atoms with Gasteiger partial charge in [0.1, 0.15) is 23.7 Å². The molecule has 138 valence electrons. The molecular formula is C19H23FN4OS. The zero-order valence-electron chi connectivity index (χ0n) is 15.2. The number of guanidine groups is 1. The number of nitrogens with one attached hydrogen (secondary N) is 2. The number of hydrogen-bond acceptors (Lipinski definition) is 4. The van der Waals surface area contributed by atoms with E-state index in [1.54, 1.807) is 17.4 Å². The second-order valence-corrected chi connectivity index (χ2v) is 7.08. The quantitative estimate of drug-likeness (QED) is 0.507. The van der Waals surface area contributed by atoms with Crippen LogP contribution in [0.25, 0.3) is 11.0 Å². The topological polar surface area (TPSA) is 62.5 Å². The molecule has 0 radical (unpaired) electrons. The Labute approximate surface area is 156 Å². The van der Waals surface area contributed by atoms with Crippen LogP contribution in [0.3, 0.4) is 0 Å². The highest BCUT2D eigenvalue weighted by Gasteiger charge is 2.11. The highest BCUT2D eigenvalue weighted by atomic mass is 32.1. The molecule has 0 atom stereocenters. The summed E-state index contributed by atoms with van der Waals surface area (Å²) in [5.74, 6) is 1.21. The molecule has 0 aliphatic heterocycles. The Morgan fingerprint density at radius 2 is 2.15 bits per heavy atom. The van der Waals surface area contributed by atoms with Crippen molar-refractivity contribution in [2.24, 2.45) is 4.99 Å². The molecule has 0 unspecified atom stereocenters. The van der Waals surface area contributed by atoms with E-state index < -0.39 is 0 Å². The summed E-state index contributed by atoms with van der Waals surface area (Å²) < 4.78 is 19.2. The average molecular weight is 374 g/mol. The smallest absolute Gasteiger partial charge is 0.191 e. The maximum Gasteiger partial charge on any atom is 0.191 e. The number of thiazole rings is 1. The van der Waals surface area contributed by atoms with Crippen molar-refractivity contribution in [3.05, 3.63) is 51.4 Å². The van der Waals surface area contributed by atoms with Gasteiger partial charge in [-0.1, -0.05) is 0 Å². The van der Waals surface area contributed by atoms with Gasteiger partial charge in [0.2, 0.25) is 0 Å². The molecule has 0 aliphatic rings. The number of furan rings is 1. The molecule has 2 aromatic heterocycles. The third-order valence-corrected chi connectivity index (χ3v) is 4.88. The standard InChI is InChI=1S/C19H23FN4OS/c1-4-21-19(22-8-7-15-11-26-13(3)24-15)23-10-18-12(2)16-9-14(20)5-6-17(16)25-18/h5-6,9,11H,4,7-8,10H2,1-3H3,(H2,21,22,23). The van der Waals surface area contributed by atoms with Crippen LogP contribution in [-0.4, -0.2) is 24.0 Å². The number of nitrogens with zero attached hydrogens (tertiary/aromatic N) is 2. The first-order valence-corrected chi connectivity index (χ1v) is 9.55. The first kappa shape index (κ1) is 18.4. The van der Waals surface area contributed by atoms with E-state index in [4.69, 9.17) is 4.42 Å². The van der Waals surface area contributed by atoms with Gasteiger partial charge < -0.3 is 15.1 Å². The number of rotatable bonds is 6. The number of benzene rings is 1. The van der Waals surface area contributed by atoms with E-state index in [-0.39, 0.29) is 5.82 Å². The molecule has 0 bridgehead atoms. The van der Waals surface area contributed by atoms with Gasteiger partial charge in [-0.3, -0.25) is 0 Å². The molecule has 0 spiro atoms. The second kappa shape index (κ2) is 8.31. The fourth-order valence-electron chi connectivity index (χ4n) is 2.72. The zero-order valence-corrected chi connectivity index (χ0v) is 16.0. The van der Waals surface area contributed by atoms with Crippen LogP contribution in [0.5, 0.6) is 0 Å². The van der Waals surface area contributed by atoms with E-state index in [0.717, 1.165) is 52.9 Å². The first-order valence-electron chi connectivity index (χ1n) is 8.67. The van der Waals surface area contributed by atoms with Crippen molar-refractivity contribution in [1.29, 1.82) is 0 Å². The summed E-state index contributed by atoms with van der Waals surface area (Å²) in [6.45, 7) is 7.88. The summed E-state index contributed by atoms with van der Waals surface area (Å²) in [7, 11) is 0. The van der Waals surface area contributed by atoms with Crippen LogP contribution >= 0.6 is 11.3 Å². The molecule has 1 aromatic carbocycles. The molecule has 2 heterocycles. The van der Waals surface area contributed by atoms with E-state index in [0.29, 0.717) is 12.1 Å². The average Bonchev–Trinajstić information content (AvgIpc) is 3.16. The van der Waals surface area contributed by atoms with Crippen molar-refractivity contribution in [3.63, 3.8) is 0 Å². The molecule has 26 heavy (non-hydrogen) atoms. The summed E-state index contributed by atoms with van der Waals surface area (Å²) in [5, 5.41) is 10.5. The number of hydrogen-bond donors (Lipinski definition) is 2. The van der Waals surface area contributed by atoms with Crippen LogP contribution in [0.1, 0.15) is 28.9 Å². The van der Waals surface area contributed by atoms with Crippen LogP contribution in [0.2, 0.25) is 0 Å². The lowest BCUT2D eigenvalue weighted by Crippen LogP contribution is -2.38. The molecule has 3 aromatic rings. The third kappa shape index (κ3) is 4.40. The zero-order chi connectivity index (χ0) is 18.5. The fraction of sp³-hybridized carbons (Fsp3) is 0.368. The molecule has 0 aliphatic carbocycles. The summed E-state index contributed by atoms with van der Waals surface area (Å²) in [5.41, 5.74) is 2.70. The molecular weight excluding hydrogens is 351 g/mol. The third-order valence-electron chi connectivity index (χ3n) is 4.06. The molecule has 3 rings (SSSR count). The van der Waals surface area contributed by atoms with Crippen LogP contribution in [0.4, 0.5) is 4.39 Å². The summed E-state index contributed by atoms with van der Waals surface area (Å²) in [6.07, 6.45) is 0.845. The minimum atomic E-state index is -0.260. The van der Waals surface area contributed by atoms with Gasteiger partial charge in [-0.15, -0.1) is 11.3 Å². The maximum atomic E-state index is 13.4. The monoisotopic (exact) mass is 374 g/mol. The van der Waals surface area contributed by atoms with Gasteiger partial charge in [0.25, 0.3) is 0 Å². The van der Waals surface area contributed by atoms with Gasteiger partial charge in [-0.25, -0.2) is 14.4 Å². The fourth-order valence-corrected chi connectivity index (χ4v) is 3.37. The van der Waals surface area contributed by atoms with E-state index in [1.807, 2.05) is 20.8 Å². The van der Waals surface area contributed by atoms with E-state index in [9.17, 15) is 4.39 Å². The predicted octanol–water partition coefficient (Wildman–Crippen LogP) is 3.94. The molecule has 0 amide bonds. The van der Waals surface area contributed by atoms with Crippen LogP contribution in [-0.2, 0) is 13.0 Å². The Hall–Kier alpha value is -2.41. The lowest BCUT2D eigenvalue weighted by Gasteiger charge is -2.10. The van der Waals surface area contributed by atoms with Gasteiger partial charge >= 0.3 is 0 Å². The van der Waals surface area contributed by atoms with Gasteiger partial charge in [0, 0.05) is 35.8 Å². The Balaban J connectivity index is 1.66. The van der Waals surface area contributed by atoms with Crippen molar-refractivity contribution in [1.82, 2.24) is 15.6 Å². The normalized spacial score (nSPS) is 11.9. The molecule has 0 saturated heterocycles. The Morgan fingerprint density at radius 3 is 2.88 bits per heavy atom. The number of aliphatic imine (C=N–C) groups is 1. The van der Waals surface area contributed by atoms with Crippen molar-refractivity contribution in [3.8, 4) is 0 Å². The van der Waals surface area contributed by atoms with Crippen molar-refractivity contribution >= 4 is 28.3 Å². The lowest BCUT2D eigenvalue weighted by atomic mass is 10.1. The summed E-state index contributed by atoms with van der Waals surface area (Å²) in [4.78, 5) is 9.05. The Kier molecular flexibility index (Phi) is 5.88. The molecule has 2 N–H and O–H groups in total. The second-order valence-electron chi connectivity index (χ2n) is 6.02. The number of aryl methyl sites for hydroxylation is 2. The van der Waals surface area contributed by atoms with Crippen molar-refractivity contribution < 1.29 is 8.81 Å². The number of aromatic nitrogens is 1. The van der Waals surface area contributed by atoms with Gasteiger partial charge in [-0.2, -0.15) is 0 Å². The van der Waals surface area contributed by atoms with Gasteiger partial charge in [0.15, 0.2) is 5.96 Å². The lowest BCUT2D eigenvalue weighted by molar-refractivity contribution is 0.547. The van der Waals surface area contributed by atoms with Crippen molar-refractivity contribution in [2.75, 3.05) is 13.1 Å². The van der Waals surface area contributed by atoms with Gasteiger partial charge in [0.05, 0.1) is 10.7 Å². The van der Waals surface area contributed by atoms with E-state index >= 15 is 0 Å². The minimum absolute atomic E-state index is 0.260. The van der Waals surface area contributed by atoms with Gasteiger partial charge in [-0.05, 0) is 39.0 Å². The van der Waals surface area contributed by atoms with Crippen LogP contribution in [0, 0.1) is 19.7 Å². The SMILES string of the molecule is CCNC(=NCc1oc2ccc(F)cc2c1C)NCCc1csc(C)n1. The molecule has 0 saturated carbocycles. The molecule has 7 heteroatoms. The maximum absolute atomic E-state index is 13.4. The molecule has 5 nitrogen and oxygen atoms in total. The highest BCUT2D eigenvalue weighted by molar-refractivity contribution is 7.09. The number of fused-ring (bicyclic) bond motifs is 1. The van der Waals surface area contributed by atoms with E-state index in [1.165, 1.54) is 12.1 Å². The van der Waals surface area contributed by atoms with Crippen LogP contribution in [0.15, 0.2) is 33.0 Å². The van der Waals surface area contributed by atoms with E-state index in [2.05, 4.69) is 26.0 Å². The first-order chi connectivity index (χ1) is 12.6. The predicted molar refractivity (Wildman–Crippen MR) is 104 cm³/mol. The van der Waals surface area contributed by atoms with Crippen molar-refractivity contribution in [2.45, 2.75) is 33.7 Å². The largest absolute Gasteiger partial charge is 0.459 e.